The highest BCUT2D eigenvalue weighted by Crippen LogP contribution is 2.22. The fourth-order valence-electron chi connectivity index (χ4n) is 1.86. The van der Waals surface area contributed by atoms with E-state index < -0.39 is 0 Å². The van der Waals surface area contributed by atoms with Crippen LogP contribution < -0.4 is 0 Å². The van der Waals surface area contributed by atoms with Gasteiger partial charge in [0.1, 0.15) is 6.23 Å². The average molecular weight is 187 g/mol. The lowest BCUT2D eigenvalue weighted by atomic mass is 10.1. The van der Waals surface area contributed by atoms with Gasteiger partial charge in [0.2, 0.25) is 0 Å². The summed E-state index contributed by atoms with van der Waals surface area (Å²) < 4.78 is 11.2. The van der Waals surface area contributed by atoms with Crippen LogP contribution in [0.3, 0.4) is 0 Å². The van der Waals surface area contributed by atoms with Crippen molar-refractivity contribution in [3.05, 3.63) is 0 Å². The average Bonchev–Trinajstić information content (AvgIpc) is 2.22. The van der Waals surface area contributed by atoms with Gasteiger partial charge in [0.15, 0.2) is 0 Å². The maximum atomic E-state index is 5.60. The molecule has 2 atom stereocenters. The minimum Gasteiger partial charge on any atom is -0.372 e. The van der Waals surface area contributed by atoms with Crippen LogP contribution in [-0.4, -0.2) is 44.0 Å². The first-order valence-electron chi connectivity index (χ1n) is 5.31. The predicted octanol–water partition coefficient (Wildman–Crippen LogP) is 1.48. The second kappa shape index (κ2) is 5.58. The van der Waals surface area contributed by atoms with E-state index in [1.54, 1.807) is 0 Å². The molecule has 0 aliphatic carbocycles. The Morgan fingerprint density at radius 2 is 1.85 bits per heavy atom. The van der Waals surface area contributed by atoms with Crippen molar-refractivity contribution >= 4 is 0 Å². The van der Waals surface area contributed by atoms with Gasteiger partial charge in [0, 0.05) is 6.54 Å². The van der Waals surface area contributed by atoms with Crippen molar-refractivity contribution in [1.82, 2.24) is 4.90 Å². The molecule has 0 saturated carbocycles. The van der Waals surface area contributed by atoms with Crippen LogP contribution in [0, 0.1) is 0 Å². The lowest BCUT2D eigenvalue weighted by Crippen LogP contribution is -2.52. The smallest absolute Gasteiger partial charge is 0.136 e. The normalized spacial score (nSPS) is 34.4. The first-order chi connectivity index (χ1) is 6.38. The second-order valence-electron chi connectivity index (χ2n) is 3.29. The summed E-state index contributed by atoms with van der Waals surface area (Å²) in [7, 11) is 2.10. The maximum absolute atomic E-state index is 5.60. The highest BCUT2D eigenvalue weighted by molar-refractivity contribution is 4.78. The highest BCUT2D eigenvalue weighted by Gasteiger charge is 2.32. The van der Waals surface area contributed by atoms with Crippen LogP contribution in [0.5, 0.6) is 0 Å². The van der Waals surface area contributed by atoms with Crippen molar-refractivity contribution in [2.24, 2.45) is 0 Å². The van der Waals surface area contributed by atoms with Gasteiger partial charge in [-0.2, -0.15) is 0 Å². The Bertz CT molecular complexity index is 139. The van der Waals surface area contributed by atoms with Gasteiger partial charge < -0.3 is 9.47 Å². The molecule has 0 spiro atoms. The summed E-state index contributed by atoms with van der Waals surface area (Å²) >= 11 is 0. The number of ether oxygens (including phenoxy) is 2. The summed E-state index contributed by atoms with van der Waals surface area (Å²) in [6.07, 6.45) is 2.97. The molecular formula is C10H21NO2. The minimum absolute atomic E-state index is 0.234. The van der Waals surface area contributed by atoms with Crippen LogP contribution in [0.4, 0.5) is 0 Å². The third-order valence-electron chi connectivity index (χ3n) is 2.46. The van der Waals surface area contributed by atoms with E-state index in [2.05, 4.69) is 11.9 Å². The molecule has 2 heterocycles. The Kier molecular flexibility index (Phi) is 4.70. The van der Waals surface area contributed by atoms with E-state index in [0.29, 0.717) is 6.10 Å². The third kappa shape index (κ3) is 2.66. The van der Waals surface area contributed by atoms with E-state index in [-0.39, 0.29) is 6.23 Å². The molecule has 78 valence electrons. The quantitative estimate of drug-likeness (QED) is 0.573. The molecular weight excluding hydrogens is 166 g/mol. The van der Waals surface area contributed by atoms with Crippen LogP contribution in [0.2, 0.25) is 0 Å². The van der Waals surface area contributed by atoms with Crippen molar-refractivity contribution in [2.45, 2.75) is 39.0 Å². The molecule has 2 fully saturated rings. The Morgan fingerprint density at radius 1 is 1.15 bits per heavy atom. The zero-order valence-corrected chi connectivity index (χ0v) is 8.95. The fraction of sp³-hybridized carbons (Fsp3) is 1.00. The topological polar surface area (TPSA) is 21.7 Å². The maximum Gasteiger partial charge on any atom is 0.136 e. The van der Waals surface area contributed by atoms with Gasteiger partial charge in [0.25, 0.3) is 0 Å². The lowest BCUT2D eigenvalue weighted by molar-refractivity contribution is -0.206. The SMILES string of the molecule is CC.CN1CCCC2OCCOC21. The van der Waals surface area contributed by atoms with Crippen molar-refractivity contribution in [1.29, 1.82) is 0 Å². The largest absolute Gasteiger partial charge is 0.372 e. The van der Waals surface area contributed by atoms with Crippen LogP contribution >= 0.6 is 0 Å². The molecule has 0 radical (unpaired) electrons. The van der Waals surface area contributed by atoms with Crippen molar-refractivity contribution in [3.8, 4) is 0 Å². The van der Waals surface area contributed by atoms with Crippen LogP contribution in [0.25, 0.3) is 0 Å². The molecule has 2 aliphatic heterocycles. The number of hydrogen-bond acceptors (Lipinski definition) is 3. The standard InChI is InChI=1S/C8H15NO2.C2H6/c1-9-4-2-3-7-8(9)11-6-5-10-7;1-2/h7-8H,2-6H2,1H3;1-2H3. The first-order valence-corrected chi connectivity index (χ1v) is 5.31. The summed E-state index contributed by atoms with van der Waals surface area (Å²) in [6.45, 7) is 6.67. The molecule has 0 aromatic heterocycles. The first kappa shape index (κ1) is 11.0. The molecule has 3 nitrogen and oxygen atoms in total. The second-order valence-corrected chi connectivity index (χ2v) is 3.29. The number of rotatable bonds is 0. The molecule has 2 aliphatic rings. The van der Waals surface area contributed by atoms with Crippen molar-refractivity contribution in [3.63, 3.8) is 0 Å². The predicted molar refractivity (Wildman–Crippen MR) is 52.7 cm³/mol. The monoisotopic (exact) mass is 187 g/mol. The van der Waals surface area contributed by atoms with Gasteiger partial charge in [-0.15, -0.1) is 0 Å². The van der Waals surface area contributed by atoms with Crippen LogP contribution in [-0.2, 0) is 9.47 Å². The molecule has 2 saturated heterocycles. The summed E-state index contributed by atoms with van der Waals surface area (Å²) in [5.41, 5.74) is 0. The lowest BCUT2D eigenvalue weighted by Gasteiger charge is -2.41. The zero-order chi connectivity index (χ0) is 9.68. The number of hydrogen-bond donors (Lipinski definition) is 0. The number of likely N-dealkylation sites (N-methyl/N-ethyl adjacent to an activating group) is 1. The molecule has 2 rings (SSSR count). The molecule has 13 heavy (non-hydrogen) atoms. The van der Waals surface area contributed by atoms with Crippen molar-refractivity contribution in [2.75, 3.05) is 26.8 Å². The molecule has 0 N–H and O–H groups in total. The van der Waals surface area contributed by atoms with Gasteiger partial charge in [-0.1, -0.05) is 13.8 Å². The van der Waals surface area contributed by atoms with E-state index in [1.165, 1.54) is 6.42 Å². The Labute approximate surface area is 81.0 Å². The van der Waals surface area contributed by atoms with Gasteiger partial charge in [-0.25, -0.2) is 0 Å². The van der Waals surface area contributed by atoms with Gasteiger partial charge in [-0.3, -0.25) is 4.90 Å². The zero-order valence-electron chi connectivity index (χ0n) is 8.95. The summed E-state index contributed by atoms with van der Waals surface area (Å²) in [5, 5.41) is 0. The van der Waals surface area contributed by atoms with Gasteiger partial charge >= 0.3 is 0 Å². The van der Waals surface area contributed by atoms with Crippen LogP contribution in [0.15, 0.2) is 0 Å². The Hall–Kier alpha value is -0.120. The molecule has 0 bridgehead atoms. The van der Waals surface area contributed by atoms with E-state index in [1.807, 2.05) is 13.8 Å². The molecule has 2 unspecified atom stereocenters. The molecule has 3 heteroatoms. The Balaban J connectivity index is 0.000000396. The molecule has 0 aromatic rings. The summed E-state index contributed by atoms with van der Waals surface area (Å²) in [6, 6.07) is 0. The van der Waals surface area contributed by atoms with E-state index in [9.17, 15) is 0 Å². The Morgan fingerprint density at radius 3 is 2.54 bits per heavy atom. The highest BCUT2D eigenvalue weighted by atomic mass is 16.6. The van der Waals surface area contributed by atoms with Gasteiger partial charge in [0.05, 0.1) is 19.3 Å². The third-order valence-corrected chi connectivity index (χ3v) is 2.46. The van der Waals surface area contributed by atoms with Gasteiger partial charge in [-0.05, 0) is 19.9 Å². The van der Waals surface area contributed by atoms with E-state index >= 15 is 0 Å². The summed E-state index contributed by atoms with van der Waals surface area (Å²) in [4.78, 5) is 2.24. The number of nitrogens with zero attached hydrogens (tertiary/aromatic N) is 1. The number of piperidine rings is 1. The summed E-state index contributed by atoms with van der Waals surface area (Å²) in [5.74, 6) is 0. The van der Waals surface area contributed by atoms with Crippen molar-refractivity contribution < 1.29 is 9.47 Å². The molecule has 0 amide bonds. The number of fused-ring (bicyclic) bond motifs is 1. The number of likely N-dealkylation sites (tertiary alicyclic amines) is 1. The van der Waals surface area contributed by atoms with E-state index in [0.717, 1.165) is 26.2 Å². The minimum atomic E-state index is 0.234. The van der Waals surface area contributed by atoms with Crippen LogP contribution in [0.1, 0.15) is 26.7 Å². The fourth-order valence-corrected chi connectivity index (χ4v) is 1.86. The molecule has 0 aromatic carbocycles. The van der Waals surface area contributed by atoms with E-state index in [4.69, 9.17) is 9.47 Å².